The molecule has 0 bridgehead atoms. The summed E-state index contributed by atoms with van der Waals surface area (Å²) in [7, 11) is 0. The molecule has 0 saturated carbocycles. The van der Waals surface area contributed by atoms with Gasteiger partial charge in [0, 0.05) is 54.7 Å². The quantitative estimate of drug-likeness (QED) is 0.203. The first kappa shape index (κ1) is 28.3. The van der Waals surface area contributed by atoms with E-state index in [0.717, 1.165) is 53.9 Å². The molecule has 3 aromatic carbocycles. The van der Waals surface area contributed by atoms with Gasteiger partial charge in [0.2, 0.25) is 0 Å². The number of H-pyrrole nitrogens is 2. The van der Waals surface area contributed by atoms with Crippen molar-refractivity contribution in [1.82, 2.24) is 29.3 Å². The summed E-state index contributed by atoms with van der Waals surface area (Å²) in [5.74, 6) is -0.0268. The Balaban J connectivity index is 1.02. The van der Waals surface area contributed by atoms with E-state index in [4.69, 9.17) is 4.98 Å². The number of benzene rings is 3. The van der Waals surface area contributed by atoms with E-state index in [1.165, 1.54) is 22.1 Å². The highest BCUT2D eigenvalue weighted by Crippen LogP contribution is 2.26. The highest BCUT2D eigenvalue weighted by molar-refractivity contribution is 7.09. The van der Waals surface area contributed by atoms with Gasteiger partial charge in [-0.2, -0.15) is 0 Å². The van der Waals surface area contributed by atoms with E-state index < -0.39 is 0 Å². The van der Waals surface area contributed by atoms with Crippen LogP contribution in [0.4, 0.5) is 0 Å². The number of hydrogen-bond donors (Lipinski definition) is 2. The molecule has 0 aliphatic carbocycles. The Kier molecular flexibility index (Phi) is 7.89. The molecule has 1 aliphatic rings. The summed E-state index contributed by atoms with van der Waals surface area (Å²) in [6.45, 7) is 5.68. The molecule has 9 heteroatoms. The van der Waals surface area contributed by atoms with Crippen LogP contribution in [0.5, 0.6) is 0 Å². The van der Waals surface area contributed by atoms with Crippen molar-refractivity contribution >= 4 is 39.2 Å². The predicted octanol–water partition coefficient (Wildman–Crippen LogP) is 6.30. The molecule has 44 heavy (non-hydrogen) atoms. The summed E-state index contributed by atoms with van der Waals surface area (Å²) < 4.78 is 1.86. The number of hydrogen-bond acceptors (Lipinski definition) is 5. The fourth-order valence-electron chi connectivity index (χ4n) is 6.38. The number of likely N-dealkylation sites (tertiary alicyclic amines) is 1. The Morgan fingerprint density at radius 2 is 1.73 bits per heavy atom. The van der Waals surface area contributed by atoms with Crippen molar-refractivity contribution in [3.8, 4) is 0 Å². The first-order chi connectivity index (χ1) is 21.5. The van der Waals surface area contributed by atoms with Crippen molar-refractivity contribution in [1.29, 1.82) is 0 Å². The maximum absolute atomic E-state index is 13.5. The molecule has 7 rings (SSSR count). The molecule has 2 N–H and O–H groups in total. The van der Waals surface area contributed by atoms with Gasteiger partial charge in [-0.1, -0.05) is 60.2 Å². The lowest BCUT2D eigenvalue weighted by Crippen LogP contribution is -2.40. The topological polar surface area (TPSA) is 90.0 Å². The Morgan fingerprint density at radius 1 is 0.977 bits per heavy atom. The Hall–Kier alpha value is -4.47. The minimum Gasteiger partial charge on any atom is -0.361 e. The van der Waals surface area contributed by atoms with Crippen LogP contribution in [0.15, 0.2) is 89.2 Å². The predicted molar refractivity (Wildman–Crippen MR) is 176 cm³/mol. The molecule has 6 aromatic rings. The second-order valence-electron chi connectivity index (χ2n) is 11.8. The number of aromatic nitrogens is 4. The van der Waals surface area contributed by atoms with Crippen molar-refractivity contribution < 1.29 is 4.79 Å². The molecule has 8 nitrogen and oxygen atoms in total. The van der Waals surface area contributed by atoms with Gasteiger partial charge in [0.05, 0.1) is 17.6 Å². The van der Waals surface area contributed by atoms with Gasteiger partial charge in [-0.3, -0.25) is 14.3 Å². The number of rotatable bonds is 9. The fraction of sp³-hybridized carbons (Fsp3) is 0.286. The normalized spacial score (nSPS) is 14.3. The third-order valence-electron chi connectivity index (χ3n) is 8.77. The molecule has 1 amide bonds. The minimum absolute atomic E-state index is 0.0268. The van der Waals surface area contributed by atoms with Crippen molar-refractivity contribution in [2.45, 2.75) is 45.3 Å². The molecular weight excluding hydrogens is 568 g/mol. The van der Waals surface area contributed by atoms with Crippen LogP contribution in [0.3, 0.4) is 0 Å². The average molecular weight is 605 g/mol. The molecule has 1 saturated heterocycles. The highest BCUT2D eigenvalue weighted by atomic mass is 32.1. The number of carbonyl (C=O) groups excluding carboxylic acids is 1. The largest absolute Gasteiger partial charge is 0.361 e. The van der Waals surface area contributed by atoms with E-state index in [9.17, 15) is 9.59 Å². The number of amides is 1. The molecule has 1 fully saturated rings. The number of nitrogens with zero attached hydrogens (tertiary/aromatic N) is 4. The van der Waals surface area contributed by atoms with Gasteiger partial charge in [-0.15, -0.1) is 11.3 Å². The van der Waals surface area contributed by atoms with E-state index in [2.05, 4.69) is 76.5 Å². The lowest BCUT2D eigenvalue weighted by atomic mass is 10.0. The van der Waals surface area contributed by atoms with Gasteiger partial charge in [0.15, 0.2) is 0 Å². The molecular formula is C35H36N6O2S. The number of aryl methyl sites for hydroxylation is 1. The van der Waals surface area contributed by atoms with Crippen LogP contribution >= 0.6 is 11.3 Å². The first-order valence-corrected chi connectivity index (χ1v) is 16.2. The number of piperidine rings is 1. The van der Waals surface area contributed by atoms with Crippen LogP contribution < -0.4 is 5.69 Å². The monoisotopic (exact) mass is 604 g/mol. The number of nitrogens with one attached hydrogen (secondary N) is 2. The van der Waals surface area contributed by atoms with Gasteiger partial charge in [-0.25, -0.2) is 9.78 Å². The lowest BCUT2D eigenvalue weighted by Gasteiger charge is -2.32. The molecule has 0 spiro atoms. The molecule has 224 valence electrons. The maximum atomic E-state index is 13.5. The number of imidazole rings is 1. The van der Waals surface area contributed by atoms with E-state index in [1.807, 2.05) is 39.1 Å². The van der Waals surface area contributed by atoms with Crippen molar-refractivity contribution in [3.05, 3.63) is 122 Å². The van der Waals surface area contributed by atoms with Crippen molar-refractivity contribution in [3.63, 3.8) is 0 Å². The zero-order valence-corrected chi connectivity index (χ0v) is 25.6. The van der Waals surface area contributed by atoms with Crippen LogP contribution in [0.25, 0.3) is 21.9 Å². The summed E-state index contributed by atoms with van der Waals surface area (Å²) >= 11 is 1.56. The second kappa shape index (κ2) is 12.3. The first-order valence-electron chi connectivity index (χ1n) is 15.3. The lowest BCUT2D eigenvalue weighted by molar-refractivity contribution is 0.0689. The smallest absolute Gasteiger partial charge is 0.326 e. The summed E-state index contributed by atoms with van der Waals surface area (Å²) in [5, 5.41) is 4.11. The second-order valence-corrected chi connectivity index (χ2v) is 12.7. The summed E-state index contributed by atoms with van der Waals surface area (Å²) in [4.78, 5) is 41.6. The van der Waals surface area contributed by atoms with Gasteiger partial charge in [0.25, 0.3) is 5.91 Å². The van der Waals surface area contributed by atoms with Gasteiger partial charge >= 0.3 is 5.69 Å². The van der Waals surface area contributed by atoms with Crippen LogP contribution in [0, 0.1) is 6.92 Å². The fourth-order valence-corrected chi connectivity index (χ4v) is 7.19. The number of fused-ring (bicyclic) bond motifs is 2. The van der Waals surface area contributed by atoms with E-state index in [1.54, 1.807) is 11.3 Å². The standard InChI is InChI=1S/C35H36N6O2S/c1-24-10-12-25(13-11-24)21-39(17-14-26-20-36-29-7-3-2-6-28(26)29)22-33-37-31(23-44-33)34(42)40-18-15-27(16-19-40)41-32-9-5-4-8-30(32)38-35(41)43/h2-13,20,23,27,36H,14-19,21-22H2,1H3,(H,38,43). The van der Waals surface area contributed by atoms with Crippen LogP contribution in [0.2, 0.25) is 0 Å². The Morgan fingerprint density at radius 3 is 2.55 bits per heavy atom. The van der Waals surface area contributed by atoms with Crippen molar-refractivity contribution in [2.75, 3.05) is 19.6 Å². The van der Waals surface area contributed by atoms with Crippen LogP contribution in [-0.2, 0) is 19.5 Å². The van der Waals surface area contributed by atoms with E-state index in [0.29, 0.717) is 25.3 Å². The molecule has 3 aromatic heterocycles. The van der Waals surface area contributed by atoms with Crippen molar-refractivity contribution in [2.24, 2.45) is 0 Å². The number of aromatic amines is 2. The Labute approximate surface area is 260 Å². The summed E-state index contributed by atoms with van der Waals surface area (Å²) in [6.07, 6.45) is 4.51. The molecule has 0 atom stereocenters. The van der Waals surface area contributed by atoms with Crippen LogP contribution in [-0.4, -0.2) is 54.9 Å². The molecule has 0 radical (unpaired) electrons. The Bertz CT molecular complexity index is 1960. The SMILES string of the molecule is Cc1ccc(CN(CCc2c[nH]c3ccccc23)Cc2nc(C(=O)N3CCC(n4c(=O)[nH]c5ccccc54)CC3)cs2)cc1. The zero-order chi connectivity index (χ0) is 30.0. The third kappa shape index (κ3) is 5.85. The number of para-hydroxylation sites is 3. The number of carbonyl (C=O) groups is 1. The van der Waals surface area contributed by atoms with Gasteiger partial charge in [0.1, 0.15) is 10.7 Å². The van der Waals surface area contributed by atoms with Gasteiger partial charge < -0.3 is 14.9 Å². The third-order valence-corrected chi connectivity index (χ3v) is 9.60. The maximum Gasteiger partial charge on any atom is 0.326 e. The molecule has 0 unspecified atom stereocenters. The van der Waals surface area contributed by atoms with Gasteiger partial charge in [-0.05, 0) is 55.5 Å². The van der Waals surface area contributed by atoms with E-state index >= 15 is 0 Å². The highest BCUT2D eigenvalue weighted by Gasteiger charge is 2.28. The zero-order valence-electron chi connectivity index (χ0n) is 24.8. The summed E-state index contributed by atoms with van der Waals surface area (Å²) in [5.41, 5.74) is 7.19. The van der Waals surface area contributed by atoms with Crippen LogP contribution in [0.1, 0.15) is 51.1 Å². The minimum atomic E-state index is -0.0833. The molecule has 1 aliphatic heterocycles. The molecule has 4 heterocycles. The van der Waals surface area contributed by atoms with E-state index in [-0.39, 0.29) is 17.6 Å². The number of thiazole rings is 1. The average Bonchev–Trinajstić information content (AvgIpc) is 3.77. The summed E-state index contributed by atoms with van der Waals surface area (Å²) in [6, 6.07) is 25.0.